The van der Waals surface area contributed by atoms with Crippen molar-refractivity contribution >= 4 is 25.5 Å². The van der Waals surface area contributed by atoms with Crippen molar-refractivity contribution in [2.45, 2.75) is 70.7 Å². The minimum Gasteiger partial charge on any atom is -0.561 e. The van der Waals surface area contributed by atoms with Crippen LogP contribution < -0.4 is 9.97 Å². The number of fused-ring (bicyclic) bond motifs is 1. The van der Waals surface area contributed by atoms with Crippen molar-refractivity contribution in [2.24, 2.45) is 0 Å². The lowest BCUT2D eigenvalue weighted by molar-refractivity contribution is -0.119. The van der Waals surface area contributed by atoms with Gasteiger partial charge in [-0.2, -0.15) is 0 Å². The highest BCUT2D eigenvalue weighted by atomic mass is 16.8. The molecule has 1 aliphatic carbocycles. The van der Waals surface area contributed by atoms with E-state index in [1.54, 1.807) is 12.1 Å². The van der Waals surface area contributed by atoms with Crippen molar-refractivity contribution in [3.05, 3.63) is 29.3 Å². The highest BCUT2D eigenvalue weighted by molar-refractivity contribution is 6.32. The Hall–Kier alpha value is -2.71. The molecule has 1 saturated carbocycles. The number of rotatable bonds is 5. The Morgan fingerprint density at radius 2 is 1.93 bits per heavy atom. The summed E-state index contributed by atoms with van der Waals surface area (Å²) in [6, 6.07) is 5.15. The Kier molecular flexibility index (Phi) is 7.01. The number of hydrogen-bond acceptors (Lipinski definition) is 7. The maximum atomic E-state index is 12.6. The fourth-order valence-corrected chi connectivity index (χ4v) is 3.69. The molecule has 0 radical (unpaired) electrons. The zero-order chi connectivity index (χ0) is 20.8. The second-order valence-electron chi connectivity index (χ2n) is 7.43. The van der Waals surface area contributed by atoms with Crippen LogP contribution in [-0.4, -0.2) is 43.8 Å². The van der Waals surface area contributed by atoms with Gasteiger partial charge < -0.3 is 24.2 Å². The summed E-state index contributed by atoms with van der Waals surface area (Å²) in [7, 11) is 0.261. The van der Waals surface area contributed by atoms with E-state index < -0.39 is 18.4 Å². The maximum absolute atomic E-state index is 12.6. The lowest BCUT2D eigenvalue weighted by atomic mass is 9.79. The quantitative estimate of drug-likeness (QED) is 0.458. The number of benzene rings is 1. The largest absolute Gasteiger partial charge is 0.561 e. The Morgan fingerprint density at radius 1 is 1.17 bits per heavy atom. The molecule has 2 atom stereocenters. The topological polar surface area (TPSA) is 100 Å². The second-order valence-corrected chi connectivity index (χ2v) is 7.43. The average molecular weight is 403 g/mol. The summed E-state index contributed by atoms with van der Waals surface area (Å²) in [5.74, 6) is -0.513. The first-order chi connectivity index (χ1) is 13.9. The van der Waals surface area contributed by atoms with Crippen molar-refractivity contribution < 1.29 is 33.2 Å². The zero-order valence-electron chi connectivity index (χ0n) is 16.8. The van der Waals surface area contributed by atoms with Gasteiger partial charge in [-0.15, -0.1) is 0 Å². The summed E-state index contributed by atoms with van der Waals surface area (Å²) >= 11 is 0. The van der Waals surface area contributed by atoms with Gasteiger partial charge in [0.25, 0.3) is 0 Å². The predicted octanol–water partition coefficient (Wildman–Crippen LogP) is 2.42. The summed E-state index contributed by atoms with van der Waals surface area (Å²) < 4.78 is 21.3. The minimum absolute atomic E-state index is 0.134. The highest BCUT2D eigenvalue weighted by Gasteiger charge is 2.28. The maximum Gasteiger partial charge on any atom is 0.511 e. The van der Waals surface area contributed by atoms with Crippen LogP contribution in [0.1, 0.15) is 61.9 Å². The lowest BCUT2D eigenvalue weighted by Gasteiger charge is -2.26. The van der Waals surface area contributed by atoms with Gasteiger partial charge in [-0.25, -0.2) is 9.59 Å². The Balaban J connectivity index is 1.55. The van der Waals surface area contributed by atoms with Crippen molar-refractivity contribution in [1.29, 1.82) is 0 Å². The van der Waals surface area contributed by atoms with Crippen molar-refractivity contribution in [3.8, 4) is 5.75 Å². The minimum atomic E-state index is -1.09. The van der Waals surface area contributed by atoms with E-state index in [1.807, 2.05) is 6.07 Å². The molecule has 1 aromatic carbocycles. The van der Waals surface area contributed by atoms with Crippen LogP contribution in [0.3, 0.4) is 0 Å². The molecule has 0 bridgehead atoms. The first-order valence-corrected chi connectivity index (χ1v) is 10.0. The van der Waals surface area contributed by atoms with Gasteiger partial charge in [-0.3, -0.25) is 4.79 Å². The molecule has 8 nitrogen and oxygen atoms in total. The fraction of sp³-hybridized carbons (Fsp3) is 0.550. The second kappa shape index (κ2) is 9.67. The monoisotopic (exact) mass is 403 g/mol. The van der Waals surface area contributed by atoms with Gasteiger partial charge in [0, 0.05) is 19.8 Å². The van der Waals surface area contributed by atoms with Crippen LogP contribution in [0.4, 0.5) is 4.79 Å². The van der Waals surface area contributed by atoms with E-state index in [-0.39, 0.29) is 31.0 Å². The van der Waals surface area contributed by atoms with Crippen LogP contribution in [0.2, 0.25) is 0 Å². The number of amides is 1. The van der Waals surface area contributed by atoms with E-state index in [2.05, 4.69) is 5.32 Å². The predicted molar refractivity (Wildman–Crippen MR) is 105 cm³/mol. The van der Waals surface area contributed by atoms with Gasteiger partial charge in [0.05, 0.1) is 0 Å². The van der Waals surface area contributed by atoms with E-state index in [1.165, 1.54) is 13.8 Å². The fourth-order valence-electron chi connectivity index (χ4n) is 3.69. The van der Waals surface area contributed by atoms with E-state index in [9.17, 15) is 14.4 Å². The van der Waals surface area contributed by atoms with E-state index >= 15 is 0 Å². The molecule has 0 saturated heterocycles. The van der Waals surface area contributed by atoms with Gasteiger partial charge in [-0.05, 0) is 43.7 Å². The number of para-hydroxylation sites is 1. The van der Waals surface area contributed by atoms with Gasteiger partial charge in [0.2, 0.25) is 12.2 Å². The molecule has 1 heterocycles. The van der Waals surface area contributed by atoms with Crippen molar-refractivity contribution in [2.75, 3.05) is 0 Å². The SMILES string of the molecule is CC(=O)NC1BOc2c(cccc2C(=O)OC(C)OC(=O)OC2CCCCC2)C1. The molecule has 9 heteroatoms. The smallest absolute Gasteiger partial charge is 0.511 e. The molecule has 3 rings (SSSR count). The number of ether oxygens (including phenoxy) is 3. The number of esters is 1. The van der Waals surface area contributed by atoms with E-state index in [0.717, 1.165) is 37.7 Å². The van der Waals surface area contributed by atoms with Gasteiger partial charge >= 0.3 is 19.6 Å². The van der Waals surface area contributed by atoms with Gasteiger partial charge in [-0.1, -0.05) is 18.6 Å². The Morgan fingerprint density at radius 3 is 2.66 bits per heavy atom. The van der Waals surface area contributed by atoms with Crippen LogP contribution in [0.5, 0.6) is 5.75 Å². The van der Waals surface area contributed by atoms with Gasteiger partial charge in [0.15, 0.2) is 0 Å². The van der Waals surface area contributed by atoms with Crippen LogP contribution >= 0.6 is 0 Å². The number of carbonyl (C=O) groups is 3. The molecular weight excluding hydrogens is 377 g/mol. The molecule has 1 amide bonds. The molecular formula is C20H26BNO7. The molecule has 0 aromatic heterocycles. The molecule has 156 valence electrons. The van der Waals surface area contributed by atoms with Crippen LogP contribution in [-0.2, 0) is 25.4 Å². The Labute approximate surface area is 170 Å². The normalized spacial score (nSPS) is 19.6. The third kappa shape index (κ3) is 5.89. The number of nitrogens with one attached hydrogen (secondary N) is 1. The van der Waals surface area contributed by atoms with Gasteiger partial charge in [0.1, 0.15) is 17.4 Å². The van der Waals surface area contributed by atoms with E-state index in [0.29, 0.717) is 12.2 Å². The lowest BCUT2D eigenvalue weighted by Crippen LogP contribution is -2.44. The molecule has 1 aliphatic heterocycles. The molecule has 2 unspecified atom stereocenters. The summed E-state index contributed by atoms with van der Waals surface area (Å²) in [6.45, 7) is 2.91. The first-order valence-electron chi connectivity index (χ1n) is 10.0. The third-order valence-corrected chi connectivity index (χ3v) is 4.97. The molecule has 2 aliphatic rings. The Bertz CT molecular complexity index is 763. The molecule has 0 spiro atoms. The van der Waals surface area contributed by atoms with Crippen molar-refractivity contribution in [1.82, 2.24) is 5.32 Å². The first kappa shape index (κ1) is 21.0. The standard InChI is InChI=1S/C20H26BNO7/c1-12(23)22-17-11-14-7-6-10-16(18(14)29-21-17)19(24)26-13(2)27-20(25)28-15-8-4-3-5-9-15/h6-7,10,13,15,17,21H,3-5,8-9,11H2,1-2H3,(H,22,23). The number of carbonyl (C=O) groups excluding carboxylic acids is 3. The highest BCUT2D eigenvalue weighted by Crippen LogP contribution is 2.29. The summed E-state index contributed by atoms with van der Waals surface area (Å²) in [5, 5.41) is 2.81. The van der Waals surface area contributed by atoms with Crippen LogP contribution in [0.25, 0.3) is 0 Å². The molecule has 29 heavy (non-hydrogen) atoms. The van der Waals surface area contributed by atoms with Crippen molar-refractivity contribution in [3.63, 3.8) is 0 Å². The summed E-state index contributed by atoms with van der Waals surface area (Å²) in [6.07, 6.45) is 3.37. The van der Waals surface area contributed by atoms with E-state index in [4.69, 9.17) is 18.9 Å². The zero-order valence-corrected chi connectivity index (χ0v) is 16.8. The third-order valence-electron chi connectivity index (χ3n) is 4.97. The average Bonchev–Trinajstić information content (AvgIpc) is 2.67. The molecule has 1 aromatic rings. The summed E-state index contributed by atoms with van der Waals surface area (Å²) in [5.41, 5.74) is 1.05. The van der Waals surface area contributed by atoms with Crippen LogP contribution in [0, 0.1) is 0 Å². The molecule has 1 fully saturated rings. The number of hydrogen-bond donors (Lipinski definition) is 1. The summed E-state index contributed by atoms with van der Waals surface area (Å²) in [4.78, 5) is 35.7. The van der Waals surface area contributed by atoms with Crippen LogP contribution in [0.15, 0.2) is 18.2 Å². The molecule has 1 N–H and O–H groups in total.